The van der Waals surface area contributed by atoms with Crippen LogP contribution >= 0.6 is 0 Å². The molecular formula is C15H20N2O3. The number of ether oxygens (including phenoxy) is 2. The van der Waals surface area contributed by atoms with Crippen LogP contribution in [0.4, 0.5) is 0 Å². The highest BCUT2D eigenvalue weighted by Crippen LogP contribution is 2.19. The minimum absolute atomic E-state index is 0.111. The molecule has 2 rings (SSSR count). The smallest absolute Gasteiger partial charge is 0.120 e. The van der Waals surface area contributed by atoms with Crippen molar-refractivity contribution in [3.63, 3.8) is 0 Å². The first-order chi connectivity index (χ1) is 9.78. The predicted octanol–water partition coefficient (Wildman–Crippen LogP) is 1.07. The first kappa shape index (κ1) is 14.8. The molecule has 0 aromatic heterocycles. The standard InChI is InChI=1S/C15H20N2O3/c16-11-13-2-1-3-14(10-13)20-9-6-17-15(12-18)4-7-19-8-5-15/h1-3,10,17-18H,4-9,12H2. The third-order valence-corrected chi connectivity index (χ3v) is 3.59. The van der Waals surface area contributed by atoms with Crippen molar-refractivity contribution in [3.8, 4) is 11.8 Å². The van der Waals surface area contributed by atoms with Gasteiger partial charge >= 0.3 is 0 Å². The third kappa shape index (κ3) is 3.94. The highest BCUT2D eigenvalue weighted by Gasteiger charge is 2.30. The molecule has 1 aromatic carbocycles. The van der Waals surface area contributed by atoms with Crippen molar-refractivity contribution in [1.82, 2.24) is 5.32 Å². The number of hydrogen-bond acceptors (Lipinski definition) is 5. The first-order valence-corrected chi connectivity index (χ1v) is 6.85. The summed E-state index contributed by atoms with van der Waals surface area (Å²) in [6, 6.07) is 9.18. The van der Waals surface area contributed by atoms with E-state index in [1.54, 1.807) is 18.2 Å². The van der Waals surface area contributed by atoms with Gasteiger partial charge < -0.3 is 19.9 Å². The molecule has 1 saturated heterocycles. The molecule has 1 aliphatic heterocycles. The summed E-state index contributed by atoms with van der Waals surface area (Å²) in [5, 5.41) is 21.7. The molecule has 0 radical (unpaired) electrons. The van der Waals surface area contributed by atoms with E-state index in [1.165, 1.54) is 0 Å². The van der Waals surface area contributed by atoms with Crippen LogP contribution in [-0.4, -0.2) is 43.6 Å². The number of benzene rings is 1. The molecule has 0 saturated carbocycles. The summed E-state index contributed by atoms with van der Waals surface area (Å²) in [4.78, 5) is 0. The van der Waals surface area contributed by atoms with Gasteiger partial charge in [-0.05, 0) is 31.0 Å². The van der Waals surface area contributed by atoms with Crippen LogP contribution in [0.2, 0.25) is 0 Å². The van der Waals surface area contributed by atoms with E-state index in [9.17, 15) is 5.11 Å². The lowest BCUT2D eigenvalue weighted by molar-refractivity contribution is 0.0108. The molecule has 0 bridgehead atoms. The van der Waals surface area contributed by atoms with Gasteiger partial charge in [-0.1, -0.05) is 6.07 Å². The summed E-state index contributed by atoms with van der Waals surface area (Å²) < 4.78 is 10.9. The quantitative estimate of drug-likeness (QED) is 0.760. The zero-order valence-electron chi connectivity index (χ0n) is 11.5. The first-order valence-electron chi connectivity index (χ1n) is 6.85. The summed E-state index contributed by atoms with van der Waals surface area (Å²) in [6.45, 7) is 2.62. The second-order valence-electron chi connectivity index (χ2n) is 4.97. The van der Waals surface area contributed by atoms with Crippen LogP contribution in [0.15, 0.2) is 24.3 Å². The molecule has 0 aliphatic carbocycles. The van der Waals surface area contributed by atoms with Gasteiger partial charge in [0, 0.05) is 25.3 Å². The van der Waals surface area contributed by atoms with Crippen molar-refractivity contribution in [3.05, 3.63) is 29.8 Å². The fraction of sp³-hybridized carbons (Fsp3) is 0.533. The Balaban J connectivity index is 1.76. The van der Waals surface area contributed by atoms with Gasteiger partial charge in [0.05, 0.1) is 18.2 Å². The molecule has 0 amide bonds. The summed E-state index contributed by atoms with van der Waals surface area (Å²) in [7, 11) is 0. The van der Waals surface area contributed by atoms with Crippen LogP contribution in [-0.2, 0) is 4.74 Å². The predicted molar refractivity (Wildman–Crippen MR) is 74.5 cm³/mol. The SMILES string of the molecule is N#Cc1cccc(OCCNC2(CO)CCOCC2)c1. The zero-order valence-corrected chi connectivity index (χ0v) is 11.5. The van der Waals surface area contributed by atoms with Crippen LogP contribution in [0.5, 0.6) is 5.75 Å². The second-order valence-corrected chi connectivity index (χ2v) is 4.97. The van der Waals surface area contributed by atoms with E-state index in [2.05, 4.69) is 11.4 Å². The Morgan fingerprint density at radius 2 is 2.20 bits per heavy atom. The molecule has 5 heteroatoms. The number of nitriles is 1. The van der Waals surface area contributed by atoms with Crippen LogP contribution in [0.1, 0.15) is 18.4 Å². The van der Waals surface area contributed by atoms with Crippen LogP contribution in [0, 0.1) is 11.3 Å². The average molecular weight is 276 g/mol. The Labute approximate surface area is 119 Å². The van der Waals surface area contributed by atoms with Gasteiger partial charge in [0.1, 0.15) is 12.4 Å². The lowest BCUT2D eigenvalue weighted by Gasteiger charge is -2.36. The van der Waals surface area contributed by atoms with Gasteiger partial charge in [-0.3, -0.25) is 0 Å². The van der Waals surface area contributed by atoms with Crippen molar-refractivity contribution >= 4 is 0 Å². The number of rotatable bonds is 6. The van der Waals surface area contributed by atoms with E-state index in [4.69, 9.17) is 14.7 Å². The van der Waals surface area contributed by atoms with Gasteiger partial charge in [0.25, 0.3) is 0 Å². The maximum atomic E-state index is 9.53. The number of hydrogen-bond donors (Lipinski definition) is 2. The summed E-state index contributed by atoms with van der Waals surface area (Å²) >= 11 is 0. The van der Waals surface area contributed by atoms with Gasteiger partial charge in [-0.15, -0.1) is 0 Å². The van der Waals surface area contributed by atoms with Gasteiger partial charge in [0.15, 0.2) is 0 Å². The van der Waals surface area contributed by atoms with Gasteiger partial charge in [0.2, 0.25) is 0 Å². The number of aliphatic hydroxyl groups excluding tert-OH is 1. The Kier molecular flexibility index (Phi) is 5.36. The van der Waals surface area contributed by atoms with E-state index >= 15 is 0 Å². The molecular weight excluding hydrogens is 256 g/mol. The van der Waals surface area contributed by atoms with E-state index in [0.717, 1.165) is 12.8 Å². The maximum Gasteiger partial charge on any atom is 0.120 e. The highest BCUT2D eigenvalue weighted by atomic mass is 16.5. The monoisotopic (exact) mass is 276 g/mol. The van der Waals surface area contributed by atoms with Crippen molar-refractivity contribution in [1.29, 1.82) is 5.26 Å². The van der Waals surface area contributed by atoms with E-state index in [1.807, 2.05) is 6.07 Å². The Bertz CT molecular complexity index is 464. The van der Waals surface area contributed by atoms with Crippen molar-refractivity contribution in [2.75, 3.05) is 33.0 Å². The third-order valence-electron chi connectivity index (χ3n) is 3.59. The Morgan fingerprint density at radius 3 is 2.90 bits per heavy atom. The molecule has 1 heterocycles. The van der Waals surface area contributed by atoms with E-state index in [0.29, 0.717) is 37.7 Å². The number of nitrogens with one attached hydrogen (secondary N) is 1. The fourth-order valence-electron chi connectivity index (χ4n) is 2.29. The van der Waals surface area contributed by atoms with E-state index < -0.39 is 0 Å². The molecule has 1 aliphatic rings. The minimum Gasteiger partial charge on any atom is -0.492 e. The lowest BCUT2D eigenvalue weighted by Crippen LogP contribution is -2.53. The van der Waals surface area contributed by atoms with Crippen molar-refractivity contribution < 1.29 is 14.6 Å². The molecule has 2 N–H and O–H groups in total. The average Bonchev–Trinajstić information content (AvgIpc) is 2.53. The molecule has 0 unspecified atom stereocenters. The Hall–Kier alpha value is -1.61. The molecule has 0 spiro atoms. The second kappa shape index (κ2) is 7.25. The normalized spacial score (nSPS) is 17.4. The van der Waals surface area contributed by atoms with Crippen molar-refractivity contribution in [2.24, 2.45) is 0 Å². The van der Waals surface area contributed by atoms with Crippen molar-refractivity contribution in [2.45, 2.75) is 18.4 Å². The maximum absolute atomic E-state index is 9.53. The molecule has 0 atom stereocenters. The van der Waals surface area contributed by atoms with Crippen LogP contribution < -0.4 is 10.1 Å². The summed E-state index contributed by atoms with van der Waals surface area (Å²) in [5.74, 6) is 0.691. The summed E-state index contributed by atoms with van der Waals surface area (Å²) in [6.07, 6.45) is 1.63. The summed E-state index contributed by atoms with van der Waals surface area (Å²) in [5.41, 5.74) is 0.350. The molecule has 1 aromatic rings. The molecule has 108 valence electrons. The molecule has 1 fully saturated rings. The topological polar surface area (TPSA) is 74.5 Å². The van der Waals surface area contributed by atoms with Crippen LogP contribution in [0.3, 0.4) is 0 Å². The van der Waals surface area contributed by atoms with E-state index in [-0.39, 0.29) is 12.1 Å². The molecule has 20 heavy (non-hydrogen) atoms. The molecule has 5 nitrogen and oxygen atoms in total. The van der Waals surface area contributed by atoms with Gasteiger partial charge in [-0.25, -0.2) is 0 Å². The number of aliphatic hydroxyl groups is 1. The Morgan fingerprint density at radius 1 is 1.40 bits per heavy atom. The lowest BCUT2D eigenvalue weighted by atomic mass is 9.91. The highest BCUT2D eigenvalue weighted by molar-refractivity contribution is 5.36. The minimum atomic E-state index is -0.240. The van der Waals surface area contributed by atoms with Gasteiger partial charge in [-0.2, -0.15) is 5.26 Å². The number of nitrogens with zero attached hydrogens (tertiary/aromatic N) is 1. The largest absolute Gasteiger partial charge is 0.492 e. The zero-order chi connectivity index (χ0) is 14.3. The fourth-order valence-corrected chi connectivity index (χ4v) is 2.29. The van der Waals surface area contributed by atoms with Crippen LogP contribution in [0.25, 0.3) is 0 Å².